The highest BCUT2D eigenvalue weighted by atomic mass is 35.5. The summed E-state index contributed by atoms with van der Waals surface area (Å²) in [5.41, 5.74) is 9.17. The Balaban J connectivity index is 0.00000128. The summed E-state index contributed by atoms with van der Waals surface area (Å²) in [5.74, 6) is 0. The van der Waals surface area contributed by atoms with Crippen molar-refractivity contribution in [3.63, 3.8) is 0 Å². The van der Waals surface area contributed by atoms with E-state index in [-0.39, 0.29) is 18.4 Å². The number of benzene rings is 1. The lowest BCUT2D eigenvalue weighted by atomic mass is 10.0. The van der Waals surface area contributed by atoms with E-state index in [0.29, 0.717) is 6.42 Å². The molecule has 0 bridgehead atoms. The molecule has 0 saturated heterocycles. The van der Waals surface area contributed by atoms with Gasteiger partial charge in [-0.25, -0.2) is 0 Å². The van der Waals surface area contributed by atoms with Crippen molar-refractivity contribution < 1.29 is 0 Å². The zero-order chi connectivity index (χ0) is 10.8. The van der Waals surface area contributed by atoms with Crippen molar-refractivity contribution in [2.45, 2.75) is 19.4 Å². The van der Waals surface area contributed by atoms with Gasteiger partial charge in [0.1, 0.15) is 0 Å². The first-order chi connectivity index (χ1) is 7.24. The van der Waals surface area contributed by atoms with Gasteiger partial charge < -0.3 is 10.7 Å². The fourth-order valence-electron chi connectivity index (χ4n) is 1.98. The van der Waals surface area contributed by atoms with Gasteiger partial charge in [-0.1, -0.05) is 18.2 Å². The third-order valence-corrected chi connectivity index (χ3v) is 2.63. The first-order valence-electron chi connectivity index (χ1n) is 4.93. The molecule has 0 aliphatic rings. The van der Waals surface area contributed by atoms with Crippen LogP contribution >= 0.6 is 12.4 Å². The van der Waals surface area contributed by atoms with E-state index in [9.17, 15) is 0 Å². The van der Waals surface area contributed by atoms with Crippen LogP contribution < -0.4 is 5.73 Å². The molecule has 3 N–H and O–H groups in total. The zero-order valence-corrected chi connectivity index (χ0v) is 9.84. The Morgan fingerprint density at radius 2 is 2.12 bits per heavy atom. The van der Waals surface area contributed by atoms with Crippen LogP contribution in [-0.2, 0) is 0 Å². The van der Waals surface area contributed by atoms with Crippen LogP contribution in [0.3, 0.4) is 0 Å². The maximum absolute atomic E-state index is 8.66. The van der Waals surface area contributed by atoms with Crippen LogP contribution in [-0.4, -0.2) is 4.98 Å². The summed E-state index contributed by atoms with van der Waals surface area (Å²) in [7, 11) is 0. The van der Waals surface area contributed by atoms with Crippen molar-refractivity contribution in [2.24, 2.45) is 5.73 Å². The number of aromatic amines is 1. The quantitative estimate of drug-likeness (QED) is 0.841. The number of hydrogen-bond acceptors (Lipinski definition) is 2. The molecule has 4 heteroatoms. The van der Waals surface area contributed by atoms with E-state index < -0.39 is 0 Å². The molecule has 0 radical (unpaired) electrons. The highest BCUT2D eigenvalue weighted by Gasteiger charge is 2.14. The third kappa shape index (κ3) is 2.04. The molecule has 1 atom stereocenters. The molecule has 1 aromatic carbocycles. The van der Waals surface area contributed by atoms with E-state index in [0.717, 1.165) is 22.2 Å². The molecule has 0 aliphatic carbocycles. The molecule has 2 aromatic rings. The van der Waals surface area contributed by atoms with Crippen LogP contribution in [0, 0.1) is 18.3 Å². The minimum absolute atomic E-state index is 0. The van der Waals surface area contributed by atoms with Gasteiger partial charge in [0.15, 0.2) is 0 Å². The van der Waals surface area contributed by atoms with Gasteiger partial charge in [-0.2, -0.15) is 5.26 Å². The predicted octanol–water partition coefficient (Wildman–Crippen LogP) is 2.81. The molecule has 0 amide bonds. The second-order valence-electron chi connectivity index (χ2n) is 3.68. The fraction of sp³-hybridized carbons (Fsp3) is 0.250. The topological polar surface area (TPSA) is 65.6 Å². The molecule has 0 fully saturated rings. The molecule has 0 saturated carbocycles. The number of para-hydroxylation sites is 1. The summed E-state index contributed by atoms with van der Waals surface area (Å²) in [6.07, 6.45) is 0.350. The van der Waals surface area contributed by atoms with E-state index in [2.05, 4.69) is 11.1 Å². The Labute approximate surface area is 101 Å². The lowest BCUT2D eigenvalue weighted by molar-refractivity contribution is 0.748. The van der Waals surface area contributed by atoms with Gasteiger partial charge in [-0.3, -0.25) is 0 Å². The molecular weight excluding hydrogens is 222 g/mol. The molecule has 1 aromatic heterocycles. The van der Waals surface area contributed by atoms with Crippen molar-refractivity contribution in [3.8, 4) is 6.07 Å². The summed E-state index contributed by atoms with van der Waals surface area (Å²) in [6, 6.07) is 9.93. The second-order valence-corrected chi connectivity index (χ2v) is 3.68. The molecular formula is C12H14ClN3. The monoisotopic (exact) mass is 235 g/mol. The van der Waals surface area contributed by atoms with Crippen LogP contribution in [0.4, 0.5) is 0 Å². The Kier molecular flexibility index (Phi) is 3.94. The summed E-state index contributed by atoms with van der Waals surface area (Å²) in [4.78, 5) is 3.28. The summed E-state index contributed by atoms with van der Waals surface area (Å²) in [6.45, 7) is 1.99. The number of aryl methyl sites for hydroxylation is 1. The molecule has 0 aliphatic heterocycles. The third-order valence-electron chi connectivity index (χ3n) is 2.63. The molecule has 2 rings (SSSR count). The largest absolute Gasteiger partial charge is 0.358 e. The van der Waals surface area contributed by atoms with Crippen molar-refractivity contribution in [1.29, 1.82) is 5.26 Å². The van der Waals surface area contributed by atoms with Gasteiger partial charge in [0.2, 0.25) is 0 Å². The molecule has 0 spiro atoms. The van der Waals surface area contributed by atoms with Crippen LogP contribution in [0.15, 0.2) is 24.3 Å². The van der Waals surface area contributed by atoms with Crippen LogP contribution in [0.5, 0.6) is 0 Å². The van der Waals surface area contributed by atoms with E-state index in [1.54, 1.807) is 0 Å². The zero-order valence-electron chi connectivity index (χ0n) is 9.03. The Bertz CT molecular complexity index is 525. The average molecular weight is 236 g/mol. The standard InChI is InChI=1S/C12H13N3.ClH/c1-8-12(10(14)6-7-13)9-4-2-3-5-11(9)15-8;/h2-5,10,15H,6,14H2,1H3;1H/t10-;/m1./s1. The first kappa shape index (κ1) is 12.6. The number of hydrogen-bond donors (Lipinski definition) is 2. The van der Waals surface area contributed by atoms with Gasteiger partial charge in [0, 0.05) is 22.6 Å². The second kappa shape index (κ2) is 5.02. The molecule has 0 unspecified atom stereocenters. The summed E-state index contributed by atoms with van der Waals surface area (Å²) in [5, 5.41) is 9.78. The number of fused-ring (bicyclic) bond motifs is 1. The number of nitriles is 1. The van der Waals surface area contributed by atoms with Gasteiger partial charge in [0.25, 0.3) is 0 Å². The number of nitrogens with one attached hydrogen (secondary N) is 1. The lowest BCUT2D eigenvalue weighted by Crippen LogP contribution is -2.09. The van der Waals surface area contributed by atoms with E-state index >= 15 is 0 Å². The minimum atomic E-state index is -0.203. The van der Waals surface area contributed by atoms with Crippen LogP contribution in [0.25, 0.3) is 10.9 Å². The molecule has 3 nitrogen and oxygen atoms in total. The number of H-pyrrole nitrogens is 1. The highest BCUT2D eigenvalue weighted by Crippen LogP contribution is 2.27. The van der Waals surface area contributed by atoms with Crippen molar-refractivity contribution >= 4 is 23.3 Å². The Morgan fingerprint density at radius 1 is 1.44 bits per heavy atom. The van der Waals surface area contributed by atoms with Crippen molar-refractivity contribution in [2.75, 3.05) is 0 Å². The van der Waals surface area contributed by atoms with E-state index in [4.69, 9.17) is 11.0 Å². The number of halogens is 1. The fourth-order valence-corrected chi connectivity index (χ4v) is 1.98. The van der Waals surface area contributed by atoms with Gasteiger partial charge in [-0.05, 0) is 18.6 Å². The van der Waals surface area contributed by atoms with E-state index in [1.165, 1.54) is 0 Å². The SMILES string of the molecule is Cc1[nH]c2ccccc2c1[C@H](N)CC#N.Cl. The minimum Gasteiger partial charge on any atom is -0.358 e. The normalized spacial score (nSPS) is 11.8. The van der Waals surface area contributed by atoms with Crippen LogP contribution in [0.2, 0.25) is 0 Å². The van der Waals surface area contributed by atoms with Crippen molar-refractivity contribution in [3.05, 3.63) is 35.5 Å². The molecule has 84 valence electrons. The highest BCUT2D eigenvalue weighted by molar-refractivity contribution is 5.85. The maximum atomic E-state index is 8.66. The van der Waals surface area contributed by atoms with E-state index in [1.807, 2.05) is 31.2 Å². The lowest BCUT2D eigenvalue weighted by Gasteiger charge is -2.07. The smallest absolute Gasteiger partial charge is 0.0641 e. The molecule has 16 heavy (non-hydrogen) atoms. The van der Waals surface area contributed by atoms with Gasteiger partial charge >= 0.3 is 0 Å². The van der Waals surface area contributed by atoms with Crippen molar-refractivity contribution in [1.82, 2.24) is 4.98 Å². The van der Waals surface area contributed by atoms with Gasteiger partial charge in [0.05, 0.1) is 12.5 Å². The Morgan fingerprint density at radius 3 is 2.81 bits per heavy atom. The first-order valence-corrected chi connectivity index (χ1v) is 4.93. The average Bonchev–Trinajstić information content (AvgIpc) is 2.54. The number of aromatic nitrogens is 1. The summed E-state index contributed by atoms with van der Waals surface area (Å²) < 4.78 is 0. The molecule has 1 heterocycles. The Hall–Kier alpha value is -1.50. The predicted molar refractivity (Wildman–Crippen MR) is 67.4 cm³/mol. The van der Waals surface area contributed by atoms with Gasteiger partial charge in [-0.15, -0.1) is 12.4 Å². The number of nitrogens with zero attached hydrogens (tertiary/aromatic N) is 1. The number of nitrogens with two attached hydrogens (primary N) is 1. The van der Waals surface area contributed by atoms with Crippen LogP contribution in [0.1, 0.15) is 23.7 Å². The maximum Gasteiger partial charge on any atom is 0.0641 e. The summed E-state index contributed by atoms with van der Waals surface area (Å²) >= 11 is 0. The number of rotatable bonds is 2.